The summed E-state index contributed by atoms with van der Waals surface area (Å²) in [4.78, 5) is 43.7. The van der Waals surface area contributed by atoms with Gasteiger partial charge in [-0.2, -0.15) is 0 Å². The molecule has 0 bridgehead atoms. The van der Waals surface area contributed by atoms with Crippen LogP contribution in [0.4, 0.5) is 11.4 Å². The lowest BCUT2D eigenvalue weighted by Gasteiger charge is -2.14. The molecule has 1 aromatic heterocycles. The minimum Gasteiger partial charge on any atom is -0.324 e. The lowest BCUT2D eigenvalue weighted by atomic mass is 10.2. The van der Waals surface area contributed by atoms with E-state index in [0.717, 1.165) is 4.90 Å². The molecule has 40 heavy (non-hydrogen) atoms. The van der Waals surface area contributed by atoms with Crippen LogP contribution in [0.25, 0.3) is 6.08 Å². The van der Waals surface area contributed by atoms with E-state index in [-0.39, 0.29) is 11.6 Å². The van der Waals surface area contributed by atoms with Crippen LogP contribution in [0.15, 0.2) is 108 Å². The standard InChI is InChI=1S/C30H24Cl2N4O3S/c1-19(28(37)35-26-13-12-22(31)16-25(26)32)40-24-11-5-10-23(17-24)34-30(39)27(15-20-7-6-14-33-18-20)36-29(38)21-8-3-2-4-9-21/h2-19H,1H3,(H,34,39)(H,35,37)(H,36,38)/b27-15-. The first-order valence-electron chi connectivity index (χ1n) is 12.1. The largest absolute Gasteiger partial charge is 0.324 e. The van der Waals surface area contributed by atoms with E-state index in [1.165, 1.54) is 11.8 Å². The van der Waals surface area contributed by atoms with E-state index in [9.17, 15) is 14.4 Å². The van der Waals surface area contributed by atoms with Crippen molar-refractivity contribution in [1.29, 1.82) is 0 Å². The molecule has 4 aromatic rings. The smallest absolute Gasteiger partial charge is 0.272 e. The van der Waals surface area contributed by atoms with Crippen molar-refractivity contribution >= 4 is 70.1 Å². The fourth-order valence-electron chi connectivity index (χ4n) is 3.50. The summed E-state index contributed by atoms with van der Waals surface area (Å²) in [6.45, 7) is 1.77. The first kappa shape index (κ1) is 28.9. The highest BCUT2D eigenvalue weighted by atomic mass is 35.5. The normalized spacial score (nSPS) is 11.8. The number of hydrogen-bond donors (Lipinski definition) is 3. The molecule has 0 radical (unpaired) electrons. The molecule has 0 saturated carbocycles. The topological polar surface area (TPSA) is 100 Å². The highest BCUT2D eigenvalue weighted by Crippen LogP contribution is 2.29. The van der Waals surface area contributed by atoms with Gasteiger partial charge in [0.25, 0.3) is 11.8 Å². The number of pyridine rings is 1. The summed E-state index contributed by atoms with van der Waals surface area (Å²) in [7, 11) is 0. The SMILES string of the molecule is CC(Sc1cccc(NC(=O)/C(=C/c2cccnc2)NC(=O)c2ccccc2)c1)C(=O)Nc1ccc(Cl)cc1Cl. The molecule has 0 aliphatic carbocycles. The lowest BCUT2D eigenvalue weighted by Crippen LogP contribution is -2.30. The number of halogens is 2. The first-order valence-corrected chi connectivity index (χ1v) is 13.7. The van der Waals surface area contributed by atoms with E-state index in [1.807, 2.05) is 6.07 Å². The quantitative estimate of drug-likeness (QED) is 0.145. The number of thioether (sulfide) groups is 1. The molecule has 10 heteroatoms. The fraction of sp³-hybridized carbons (Fsp3) is 0.0667. The van der Waals surface area contributed by atoms with Gasteiger partial charge in [0.2, 0.25) is 5.91 Å². The maximum absolute atomic E-state index is 13.3. The number of rotatable bonds is 9. The lowest BCUT2D eigenvalue weighted by molar-refractivity contribution is -0.115. The molecule has 1 heterocycles. The molecule has 202 valence electrons. The Hall–Kier alpha value is -4.11. The summed E-state index contributed by atoms with van der Waals surface area (Å²) in [5, 5.41) is 8.68. The molecule has 3 amide bonds. The van der Waals surface area contributed by atoms with Crippen molar-refractivity contribution in [2.75, 3.05) is 10.6 Å². The van der Waals surface area contributed by atoms with Gasteiger partial charge >= 0.3 is 0 Å². The first-order chi connectivity index (χ1) is 19.3. The Labute approximate surface area is 246 Å². The van der Waals surface area contributed by atoms with Crippen molar-refractivity contribution in [3.05, 3.63) is 124 Å². The summed E-state index contributed by atoms with van der Waals surface area (Å²) in [5.74, 6) is -1.18. The molecule has 1 unspecified atom stereocenters. The molecular weight excluding hydrogens is 567 g/mol. The predicted octanol–water partition coefficient (Wildman–Crippen LogP) is 6.92. The summed E-state index contributed by atoms with van der Waals surface area (Å²) < 4.78 is 0. The second kappa shape index (κ2) is 13.8. The van der Waals surface area contributed by atoms with Gasteiger partial charge in [-0.15, -0.1) is 11.8 Å². The number of nitrogens with one attached hydrogen (secondary N) is 3. The molecule has 7 nitrogen and oxygen atoms in total. The Kier molecular flexibility index (Phi) is 9.96. The Bertz CT molecular complexity index is 1550. The van der Waals surface area contributed by atoms with Crippen LogP contribution in [0.2, 0.25) is 10.0 Å². The molecule has 0 aliphatic rings. The molecule has 4 rings (SSSR count). The van der Waals surface area contributed by atoms with Gasteiger partial charge in [0.05, 0.1) is 16.0 Å². The van der Waals surface area contributed by atoms with Crippen molar-refractivity contribution in [3.8, 4) is 0 Å². The van der Waals surface area contributed by atoms with Crippen LogP contribution in [-0.4, -0.2) is 28.0 Å². The van der Waals surface area contributed by atoms with E-state index in [1.54, 1.807) is 104 Å². The Morgan fingerprint density at radius 2 is 1.70 bits per heavy atom. The van der Waals surface area contributed by atoms with Crippen LogP contribution in [0.3, 0.4) is 0 Å². The highest BCUT2D eigenvalue weighted by molar-refractivity contribution is 8.00. The van der Waals surface area contributed by atoms with Gasteiger partial charge < -0.3 is 16.0 Å². The van der Waals surface area contributed by atoms with E-state index >= 15 is 0 Å². The molecule has 0 spiro atoms. The van der Waals surface area contributed by atoms with Gasteiger partial charge in [0.15, 0.2) is 0 Å². The summed E-state index contributed by atoms with van der Waals surface area (Å²) >= 11 is 13.4. The van der Waals surface area contributed by atoms with E-state index in [0.29, 0.717) is 32.5 Å². The van der Waals surface area contributed by atoms with Crippen LogP contribution in [-0.2, 0) is 9.59 Å². The summed E-state index contributed by atoms with van der Waals surface area (Å²) in [6.07, 6.45) is 4.76. The number of carbonyl (C=O) groups is 3. The molecule has 3 aromatic carbocycles. The van der Waals surface area contributed by atoms with Crippen LogP contribution in [0.5, 0.6) is 0 Å². The van der Waals surface area contributed by atoms with Gasteiger partial charge in [-0.3, -0.25) is 19.4 Å². The second-order valence-corrected chi connectivity index (χ2v) is 10.8. The molecule has 3 N–H and O–H groups in total. The molecule has 1 atom stereocenters. The van der Waals surface area contributed by atoms with Crippen molar-refractivity contribution < 1.29 is 14.4 Å². The Morgan fingerprint density at radius 1 is 0.900 bits per heavy atom. The van der Waals surface area contributed by atoms with Crippen LogP contribution >= 0.6 is 35.0 Å². The fourth-order valence-corrected chi connectivity index (χ4v) is 4.88. The zero-order valence-corrected chi connectivity index (χ0v) is 23.6. The van der Waals surface area contributed by atoms with E-state index < -0.39 is 17.1 Å². The monoisotopic (exact) mass is 590 g/mol. The highest BCUT2D eigenvalue weighted by Gasteiger charge is 2.18. The van der Waals surface area contributed by atoms with Gasteiger partial charge in [-0.25, -0.2) is 0 Å². The second-order valence-electron chi connectivity index (χ2n) is 8.52. The summed E-state index contributed by atoms with van der Waals surface area (Å²) in [6, 6.07) is 24.0. The van der Waals surface area contributed by atoms with Crippen molar-refractivity contribution in [2.45, 2.75) is 17.1 Å². The Balaban J connectivity index is 1.46. The van der Waals surface area contributed by atoms with Gasteiger partial charge in [-0.1, -0.05) is 53.5 Å². The molecular formula is C30H24Cl2N4O3S. The van der Waals surface area contributed by atoms with Crippen molar-refractivity contribution in [2.24, 2.45) is 0 Å². The molecule has 0 aliphatic heterocycles. The minimum absolute atomic E-state index is 0.0486. The van der Waals surface area contributed by atoms with Gasteiger partial charge in [-0.05, 0) is 73.2 Å². The number of carbonyl (C=O) groups excluding carboxylic acids is 3. The number of hydrogen-bond acceptors (Lipinski definition) is 5. The zero-order valence-electron chi connectivity index (χ0n) is 21.2. The third-order valence-electron chi connectivity index (χ3n) is 5.49. The number of nitrogens with zero attached hydrogens (tertiary/aromatic N) is 1. The number of aromatic nitrogens is 1. The summed E-state index contributed by atoms with van der Waals surface area (Å²) in [5.41, 5.74) is 2.07. The minimum atomic E-state index is -0.515. The predicted molar refractivity (Wildman–Crippen MR) is 162 cm³/mol. The van der Waals surface area contributed by atoms with Crippen LogP contribution in [0.1, 0.15) is 22.8 Å². The zero-order chi connectivity index (χ0) is 28.5. The maximum Gasteiger partial charge on any atom is 0.272 e. The Morgan fingerprint density at radius 3 is 2.42 bits per heavy atom. The van der Waals surface area contributed by atoms with Crippen molar-refractivity contribution in [3.63, 3.8) is 0 Å². The average Bonchev–Trinajstić information content (AvgIpc) is 2.95. The number of benzene rings is 3. The van der Waals surface area contributed by atoms with Crippen LogP contribution < -0.4 is 16.0 Å². The van der Waals surface area contributed by atoms with E-state index in [4.69, 9.17) is 23.2 Å². The third kappa shape index (κ3) is 8.19. The number of amides is 3. The maximum atomic E-state index is 13.3. The third-order valence-corrected chi connectivity index (χ3v) is 7.13. The molecule has 0 fully saturated rings. The van der Waals surface area contributed by atoms with Crippen molar-refractivity contribution in [1.82, 2.24) is 10.3 Å². The van der Waals surface area contributed by atoms with E-state index in [2.05, 4.69) is 20.9 Å². The average molecular weight is 592 g/mol. The van der Waals surface area contributed by atoms with Gasteiger partial charge in [0, 0.05) is 33.6 Å². The number of anilines is 2. The molecule has 0 saturated heterocycles. The van der Waals surface area contributed by atoms with Crippen LogP contribution in [0, 0.1) is 0 Å². The van der Waals surface area contributed by atoms with Gasteiger partial charge in [0.1, 0.15) is 5.70 Å².